The van der Waals surface area contributed by atoms with E-state index in [2.05, 4.69) is 15.3 Å². The average Bonchev–Trinajstić information content (AvgIpc) is 2.11. The zero-order valence-corrected chi connectivity index (χ0v) is 8.97. The molecule has 0 aliphatic rings. The van der Waals surface area contributed by atoms with Crippen LogP contribution >= 0.6 is 0 Å². The molecule has 0 saturated carbocycles. The maximum atomic E-state index is 11.0. The maximum absolute atomic E-state index is 11.0. The number of nitrogens with zero attached hydrogens (tertiary/aromatic N) is 1. The van der Waals surface area contributed by atoms with Crippen LogP contribution in [0.1, 0.15) is 13.8 Å². The number of hydrogen-bond donors (Lipinski definition) is 1. The lowest BCUT2D eigenvalue weighted by atomic mass is 10.3. The minimum absolute atomic E-state index is 0.204. The lowest BCUT2D eigenvalue weighted by Gasteiger charge is -2.05. The summed E-state index contributed by atoms with van der Waals surface area (Å²) in [6.07, 6.45) is 0.942. The second-order valence-corrected chi connectivity index (χ2v) is 4.21. The van der Waals surface area contributed by atoms with Crippen LogP contribution in [0.25, 0.3) is 0 Å². The first-order chi connectivity index (χ1) is 5.99. The van der Waals surface area contributed by atoms with Gasteiger partial charge in [0.25, 0.3) is 0 Å². The van der Waals surface area contributed by atoms with Gasteiger partial charge in [-0.1, -0.05) is 5.16 Å². The van der Waals surface area contributed by atoms with Gasteiger partial charge in [0.15, 0.2) is 0 Å². The monoisotopic (exact) mass is 206 g/mol. The highest BCUT2D eigenvalue weighted by Gasteiger charge is 2.10. The molecule has 0 aliphatic carbocycles. The maximum Gasteiger partial charge on any atom is 0.433 e. The molecule has 2 atom stereocenters. The van der Waals surface area contributed by atoms with Crippen molar-refractivity contribution in [2.75, 3.05) is 13.3 Å². The van der Waals surface area contributed by atoms with Gasteiger partial charge in [-0.05, 0) is 13.8 Å². The zero-order valence-electron chi connectivity index (χ0n) is 8.16. The quantitative estimate of drug-likeness (QED) is 0.415. The van der Waals surface area contributed by atoms with Crippen molar-refractivity contribution >= 4 is 22.6 Å². The van der Waals surface area contributed by atoms with Crippen LogP contribution in [-0.4, -0.2) is 34.6 Å². The molecule has 0 aromatic rings. The Morgan fingerprint density at radius 1 is 1.62 bits per heavy atom. The molecule has 0 fully saturated rings. The normalized spacial score (nSPS) is 16.2. The van der Waals surface area contributed by atoms with E-state index in [0.717, 1.165) is 0 Å². The largest absolute Gasteiger partial charge is 0.433 e. The lowest BCUT2D eigenvalue weighted by Crippen LogP contribution is -2.22. The fraction of sp³-hybridized carbons (Fsp3) is 0.714. The Bertz CT molecular complexity index is 240. The van der Waals surface area contributed by atoms with E-state index in [0.29, 0.717) is 5.71 Å². The number of oxime groups is 1. The van der Waals surface area contributed by atoms with Gasteiger partial charge in [-0.3, -0.25) is 9.05 Å². The Morgan fingerprint density at radius 2 is 2.15 bits per heavy atom. The smallest absolute Gasteiger partial charge is 0.323 e. The van der Waals surface area contributed by atoms with E-state index in [9.17, 15) is 9.00 Å². The minimum atomic E-state index is -1.000. The van der Waals surface area contributed by atoms with Crippen LogP contribution in [-0.2, 0) is 15.6 Å². The van der Waals surface area contributed by atoms with Gasteiger partial charge >= 0.3 is 6.09 Å². The first-order valence-corrected chi connectivity index (χ1v) is 5.36. The summed E-state index contributed by atoms with van der Waals surface area (Å²) in [5.74, 6) is 0. The van der Waals surface area contributed by atoms with Gasteiger partial charge in [0, 0.05) is 24.1 Å². The Hall–Kier alpha value is -0.910. The van der Waals surface area contributed by atoms with Gasteiger partial charge in [-0.15, -0.1) is 0 Å². The zero-order chi connectivity index (χ0) is 10.4. The van der Waals surface area contributed by atoms with Gasteiger partial charge < -0.3 is 5.32 Å². The Balaban J connectivity index is 4.16. The standard InChI is InChI=1S/C7H14N2O3S/c1-5(6(2)13(4)11)9-12-7(10)8-3/h6H,1-4H3,(H,8,10)/b9-5-/t6-,13+/m0/s1. The molecule has 1 N–H and O–H groups in total. The van der Waals surface area contributed by atoms with Crippen molar-refractivity contribution in [3.8, 4) is 0 Å². The van der Waals surface area contributed by atoms with Gasteiger partial charge in [0.2, 0.25) is 0 Å². The average molecular weight is 206 g/mol. The summed E-state index contributed by atoms with van der Waals surface area (Å²) in [5.41, 5.74) is 0.532. The molecule has 0 rings (SSSR count). The van der Waals surface area contributed by atoms with E-state index in [4.69, 9.17) is 0 Å². The van der Waals surface area contributed by atoms with Crippen molar-refractivity contribution in [3.05, 3.63) is 0 Å². The highest BCUT2D eigenvalue weighted by atomic mass is 32.2. The van der Waals surface area contributed by atoms with E-state index in [1.807, 2.05) is 0 Å². The van der Waals surface area contributed by atoms with Crippen molar-refractivity contribution in [1.29, 1.82) is 0 Å². The fourth-order valence-corrected chi connectivity index (χ4v) is 0.997. The first-order valence-electron chi connectivity index (χ1n) is 3.74. The van der Waals surface area contributed by atoms with Crippen LogP contribution in [0, 0.1) is 0 Å². The Kier molecular flexibility index (Phi) is 5.29. The summed E-state index contributed by atoms with van der Waals surface area (Å²) in [5, 5.41) is 5.57. The van der Waals surface area contributed by atoms with Crippen LogP contribution < -0.4 is 5.32 Å². The summed E-state index contributed by atoms with van der Waals surface area (Å²) in [7, 11) is 0.440. The van der Waals surface area contributed by atoms with Crippen molar-refractivity contribution in [2.24, 2.45) is 5.16 Å². The molecule has 5 nitrogen and oxygen atoms in total. The molecule has 0 aromatic carbocycles. The van der Waals surface area contributed by atoms with E-state index in [-0.39, 0.29) is 5.25 Å². The molecule has 0 bridgehead atoms. The van der Waals surface area contributed by atoms with Gasteiger partial charge in [-0.25, -0.2) is 4.79 Å². The number of nitrogens with one attached hydrogen (secondary N) is 1. The molecule has 76 valence electrons. The van der Waals surface area contributed by atoms with Crippen LogP contribution in [0.3, 0.4) is 0 Å². The molecule has 13 heavy (non-hydrogen) atoms. The Labute approximate surface area is 80.0 Å². The van der Waals surface area contributed by atoms with Crippen molar-refractivity contribution in [1.82, 2.24) is 5.32 Å². The SMILES string of the molecule is CNC(=O)O/N=C(/C)[C@H](C)[S@@](C)=O. The van der Waals surface area contributed by atoms with E-state index >= 15 is 0 Å². The summed E-state index contributed by atoms with van der Waals surface area (Å²) >= 11 is 0. The molecular formula is C7H14N2O3S. The van der Waals surface area contributed by atoms with E-state index < -0.39 is 16.9 Å². The predicted octanol–water partition coefficient (Wildman–Crippen LogP) is 0.485. The summed E-state index contributed by atoms with van der Waals surface area (Å²) in [6, 6.07) is 0. The second-order valence-electron chi connectivity index (χ2n) is 2.50. The molecule has 6 heteroatoms. The molecular weight excluding hydrogens is 192 g/mol. The molecule has 0 heterocycles. The number of carbonyl (C=O) groups excluding carboxylic acids is 1. The minimum Gasteiger partial charge on any atom is -0.323 e. The molecule has 0 aliphatic heterocycles. The molecule has 0 saturated heterocycles. The highest BCUT2D eigenvalue weighted by Crippen LogP contribution is 1.97. The summed E-state index contributed by atoms with van der Waals surface area (Å²) < 4.78 is 11.0. The third-order valence-corrected chi connectivity index (χ3v) is 2.90. The first kappa shape index (κ1) is 12.1. The molecule has 0 unspecified atom stereocenters. The molecule has 0 aromatic heterocycles. The van der Waals surface area contributed by atoms with Crippen LogP contribution in [0.15, 0.2) is 5.16 Å². The fourth-order valence-electron chi connectivity index (χ4n) is 0.474. The van der Waals surface area contributed by atoms with Crippen molar-refractivity contribution < 1.29 is 13.8 Å². The van der Waals surface area contributed by atoms with Crippen LogP contribution in [0.4, 0.5) is 4.79 Å². The highest BCUT2D eigenvalue weighted by molar-refractivity contribution is 7.85. The number of rotatable bonds is 3. The van der Waals surface area contributed by atoms with Gasteiger partial charge in [0.1, 0.15) is 0 Å². The summed E-state index contributed by atoms with van der Waals surface area (Å²) in [6.45, 7) is 3.41. The summed E-state index contributed by atoms with van der Waals surface area (Å²) in [4.78, 5) is 15.0. The molecule has 0 spiro atoms. The van der Waals surface area contributed by atoms with Crippen molar-refractivity contribution in [2.45, 2.75) is 19.1 Å². The van der Waals surface area contributed by atoms with E-state index in [1.54, 1.807) is 20.1 Å². The third kappa shape index (κ3) is 4.62. The van der Waals surface area contributed by atoms with Gasteiger partial charge in [-0.2, -0.15) is 0 Å². The van der Waals surface area contributed by atoms with Crippen molar-refractivity contribution in [3.63, 3.8) is 0 Å². The topological polar surface area (TPSA) is 67.8 Å². The van der Waals surface area contributed by atoms with Gasteiger partial charge in [0.05, 0.1) is 11.0 Å². The number of carbonyl (C=O) groups is 1. The molecule has 1 amide bonds. The number of hydrogen-bond acceptors (Lipinski definition) is 4. The lowest BCUT2D eigenvalue weighted by molar-refractivity contribution is 0.153. The van der Waals surface area contributed by atoms with Crippen LogP contribution in [0.2, 0.25) is 0 Å². The second kappa shape index (κ2) is 5.69. The van der Waals surface area contributed by atoms with Crippen LogP contribution in [0.5, 0.6) is 0 Å². The Morgan fingerprint density at radius 3 is 2.54 bits per heavy atom. The van der Waals surface area contributed by atoms with E-state index in [1.165, 1.54) is 7.05 Å². The molecule has 0 radical (unpaired) electrons. The predicted molar refractivity (Wildman–Crippen MR) is 52.2 cm³/mol. The number of amides is 1. The third-order valence-electron chi connectivity index (χ3n) is 1.56.